The highest BCUT2D eigenvalue weighted by Gasteiger charge is 2.28. The molecule has 0 bridgehead atoms. The zero-order valence-corrected chi connectivity index (χ0v) is 26.0. The van der Waals surface area contributed by atoms with Gasteiger partial charge in [-0.25, -0.2) is 4.98 Å². The molecule has 0 radical (unpaired) electrons. The van der Waals surface area contributed by atoms with Crippen LogP contribution in [-0.4, -0.2) is 73.2 Å². The quantitative estimate of drug-likeness (QED) is 0.290. The van der Waals surface area contributed by atoms with E-state index < -0.39 is 0 Å². The van der Waals surface area contributed by atoms with Crippen LogP contribution in [0.5, 0.6) is 0 Å². The Morgan fingerprint density at radius 2 is 1.83 bits per heavy atom. The van der Waals surface area contributed by atoms with Crippen molar-refractivity contribution < 1.29 is 14.3 Å². The summed E-state index contributed by atoms with van der Waals surface area (Å²) in [7, 11) is 5.57. The second-order valence-electron chi connectivity index (χ2n) is 11.6. The highest BCUT2D eigenvalue weighted by atomic mass is 16.5. The minimum atomic E-state index is -0.287. The topological polar surface area (TPSA) is 129 Å². The Morgan fingerprint density at radius 3 is 2.54 bits per heavy atom. The fraction of sp³-hybridized carbons (Fsp3) is 0.294. The van der Waals surface area contributed by atoms with E-state index in [9.17, 15) is 19.3 Å². The number of carbonyl (C=O) groups is 2. The number of pyridine rings is 2. The molecule has 2 aliphatic heterocycles. The van der Waals surface area contributed by atoms with Crippen LogP contribution >= 0.6 is 0 Å². The molecule has 6 rings (SSSR count). The van der Waals surface area contributed by atoms with Gasteiger partial charge in [0, 0.05) is 81.2 Å². The van der Waals surface area contributed by atoms with Crippen LogP contribution in [0.4, 0.5) is 22.9 Å². The molecule has 2 aromatic heterocycles. The van der Waals surface area contributed by atoms with Gasteiger partial charge in [-0.05, 0) is 60.0 Å². The lowest BCUT2D eigenvalue weighted by Crippen LogP contribution is -2.40. The first-order valence-electron chi connectivity index (χ1n) is 15.1. The Kier molecular flexibility index (Phi) is 8.62. The van der Waals surface area contributed by atoms with E-state index in [4.69, 9.17) is 4.74 Å². The first-order chi connectivity index (χ1) is 22.2. The van der Waals surface area contributed by atoms with Crippen LogP contribution in [0.15, 0.2) is 77.0 Å². The van der Waals surface area contributed by atoms with Gasteiger partial charge in [0.25, 0.3) is 17.4 Å². The second kappa shape index (κ2) is 12.9. The highest BCUT2D eigenvalue weighted by Crippen LogP contribution is 2.36. The molecule has 1 N–H and O–H groups in total. The molecule has 12 nitrogen and oxygen atoms in total. The van der Waals surface area contributed by atoms with Crippen LogP contribution in [-0.2, 0) is 24.8 Å². The number of benzene rings is 2. The molecular weight excluding hydrogens is 586 g/mol. The molecule has 4 heterocycles. The van der Waals surface area contributed by atoms with Crippen LogP contribution < -0.4 is 20.7 Å². The zero-order valence-electron chi connectivity index (χ0n) is 26.0. The van der Waals surface area contributed by atoms with Crippen molar-refractivity contribution in [3.8, 4) is 11.1 Å². The average Bonchev–Trinajstić information content (AvgIpc) is 3.07. The van der Waals surface area contributed by atoms with E-state index in [1.165, 1.54) is 10.8 Å². The van der Waals surface area contributed by atoms with Crippen LogP contribution in [0, 0.1) is 4.91 Å². The molecule has 2 aliphatic rings. The first-order valence-corrected chi connectivity index (χ1v) is 15.1. The fourth-order valence-electron chi connectivity index (χ4n) is 5.94. The number of hydrogen-bond donors (Lipinski definition) is 1. The molecule has 0 spiro atoms. The molecule has 0 aliphatic carbocycles. The fourth-order valence-corrected chi connectivity index (χ4v) is 5.94. The number of hydrogen-bond acceptors (Lipinski definition) is 9. The third kappa shape index (κ3) is 5.98. The van der Waals surface area contributed by atoms with E-state index in [0.717, 1.165) is 11.3 Å². The molecule has 12 heteroatoms. The number of aromatic nitrogens is 2. The molecule has 1 fully saturated rings. The van der Waals surface area contributed by atoms with E-state index in [1.54, 1.807) is 41.2 Å². The van der Waals surface area contributed by atoms with Crippen molar-refractivity contribution in [3.63, 3.8) is 0 Å². The maximum absolute atomic E-state index is 13.7. The monoisotopic (exact) mass is 621 g/mol. The molecule has 0 unspecified atom stereocenters. The van der Waals surface area contributed by atoms with Crippen LogP contribution in [0.1, 0.15) is 31.8 Å². The van der Waals surface area contributed by atoms with E-state index >= 15 is 0 Å². The molecule has 1 saturated heterocycles. The number of nitrogens with zero attached hydrogens (tertiary/aromatic N) is 6. The molecule has 236 valence electrons. The molecule has 4 aromatic rings. The van der Waals surface area contributed by atoms with Crippen molar-refractivity contribution in [1.82, 2.24) is 14.5 Å². The molecule has 2 aromatic carbocycles. The maximum atomic E-state index is 13.7. The van der Waals surface area contributed by atoms with Crippen LogP contribution in [0.25, 0.3) is 11.1 Å². The van der Waals surface area contributed by atoms with Crippen molar-refractivity contribution in [3.05, 3.63) is 105 Å². The highest BCUT2D eigenvalue weighted by molar-refractivity contribution is 6.09. The summed E-state index contributed by atoms with van der Waals surface area (Å²) < 4.78 is 6.78. The number of morpholine rings is 1. The zero-order chi connectivity index (χ0) is 32.4. The summed E-state index contributed by atoms with van der Waals surface area (Å²) in [5, 5.41) is 6.29. The third-order valence-electron chi connectivity index (χ3n) is 8.42. The summed E-state index contributed by atoms with van der Waals surface area (Å²) in [4.78, 5) is 61.2. The smallest absolute Gasteiger partial charge is 0.274 e. The van der Waals surface area contributed by atoms with Gasteiger partial charge in [-0.15, -0.1) is 0 Å². The lowest BCUT2D eigenvalue weighted by molar-refractivity contribution is 0.0302. The van der Waals surface area contributed by atoms with E-state index in [1.807, 2.05) is 55.4 Å². The molecular formula is C34H35N7O5. The number of ether oxygens (including phenoxy) is 1. The minimum absolute atomic E-state index is 0.120. The van der Waals surface area contributed by atoms with E-state index in [-0.39, 0.29) is 29.6 Å². The van der Waals surface area contributed by atoms with Crippen molar-refractivity contribution in [2.75, 3.05) is 62.1 Å². The van der Waals surface area contributed by atoms with Crippen molar-refractivity contribution in [2.45, 2.75) is 13.0 Å². The predicted octanol–water partition coefficient (Wildman–Crippen LogP) is 4.20. The normalized spacial score (nSPS) is 14.5. The predicted molar refractivity (Wildman–Crippen MR) is 177 cm³/mol. The van der Waals surface area contributed by atoms with Crippen molar-refractivity contribution in [1.29, 1.82) is 0 Å². The second-order valence-corrected chi connectivity index (χ2v) is 11.6. The van der Waals surface area contributed by atoms with Crippen molar-refractivity contribution in [2.24, 2.45) is 12.2 Å². The van der Waals surface area contributed by atoms with Gasteiger partial charge in [-0.2, -0.15) is 4.91 Å². The number of aryl methyl sites for hydroxylation is 1. The SMILES string of the molecule is CN(C)c1ccc2c(c1)CCN(c1cccc(-c3cc(Nc4ccc(C(=O)N5CCOCC5)cn4)c(=O)n(C)c3)c1CN=O)C2=O. The summed E-state index contributed by atoms with van der Waals surface area (Å²) in [6.07, 6.45) is 3.84. The standard InChI is InChI=1S/C34H35N7O5/c1-38(2)25-8-9-27-22(17-25)11-12-41(33(27)43)30-6-4-5-26(28(30)20-36-45)24-18-29(34(44)39(3)21-24)37-31-10-7-23(19-35-31)32(42)40-13-15-46-16-14-40/h4-10,17-19,21H,11-16,20H2,1-3H3,(H,35,37). The number of nitrogens with one attached hydrogen (secondary N) is 1. The summed E-state index contributed by atoms with van der Waals surface area (Å²) in [6.45, 7) is 2.36. The van der Waals surface area contributed by atoms with E-state index in [0.29, 0.717) is 78.6 Å². The molecule has 0 atom stereocenters. The van der Waals surface area contributed by atoms with Gasteiger partial charge in [-0.1, -0.05) is 17.3 Å². The van der Waals surface area contributed by atoms with Gasteiger partial charge in [0.2, 0.25) is 0 Å². The minimum Gasteiger partial charge on any atom is -0.378 e. The summed E-state index contributed by atoms with van der Waals surface area (Å²) in [5.41, 5.74) is 5.60. The summed E-state index contributed by atoms with van der Waals surface area (Å²) >= 11 is 0. The lowest BCUT2D eigenvalue weighted by Gasteiger charge is -2.31. The number of fused-ring (bicyclic) bond motifs is 1. The third-order valence-corrected chi connectivity index (χ3v) is 8.42. The Labute approximate surface area is 266 Å². The number of nitroso groups, excluding NO2 is 1. The molecule has 0 saturated carbocycles. The first kappa shape index (κ1) is 30.7. The molecule has 2 amide bonds. The number of rotatable bonds is 8. The van der Waals surface area contributed by atoms with Gasteiger partial charge in [0.05, 0.1) is 18.8 Å². The number of amides is 2. The summed E-state index contributed by atoms with van der Waals surface area (Å²) in [6, 6.07) is 16.4. The Bertz CT molecular complexity index is 1860. The van der Waals surface area contributed by atoms with Crippen molar-refractivity contribution >= 4 is 34.7 Å². The molecule has 46 heavy (non-hydrogen) atoms. The number of carbonyl (C=O) groups excluding carboxylic acids is 2. The van der Waals surface area contributed by atoms with Gasteiger partial charge < -0.3 is 29.3 Å². The van der Waals surface area contributed by atoms with Gasteiger partial charge in [0.1, 0.15) is 18.1 Å². The average molecular weight is 622 g/mol. The summed E-state index contributed by atoms with van der Waals surface area (Å²) in [5.74, 6) is 0.136. The van der Waals surface area contributed by atoms with Crippen LogP contribution in [0.2, 0.25) is 0 Å². The Hall–Kier alpha value is -5.36. The largest absolute Gasteiger partial charge is 0.378 e. The Morgan fingerprint density at radius 1 is 1.02 bits per heavy atom. The van der Waals surface area contributed by atoms with Gasteiger partial charge in [-0.3, -0.25) is 14.4 Å². The number of anilines is 4. The van der Waals surface area contributed by atoms with Gasteiger partial charge in [0.15, 0.2) is 0 Å². The maximum Gasteiger partial charge on any atom is 0.274 e. The van der Waals surface area contributed by atoms with Gasteiger partial charge >= 0.3 is 0 Å². The lowest BCUT2D eigenvalue weighted by atomic mass is 9.94. The van der Waals surface area contributed by atoms with Crippen LogP contribution in [0.3, 0.4) is 0 Å². The Balaban J connectivity index is 1.30. The van der Waals surface area contributed by atoms with E-state index in [2.05, 4.69) is 15.5 Å².